The first kappa shape index (κ1) is 16.3. The predicted octanol–water partition coefficient (Wildman–Crippen LogP) is 2.33. The molecule has 0 spiro atoms. The highest BCUT2D eigenvalue weighted by Crippen LogP contribution is 2.15. The first-order chi connectivity index (χ1) is 9.71. The summed E-state index contributed by atoms with van der Waals surface area (Å²) in [5.41, 5.74) is 0.996. The summed E-state index contributed by atoms with van der Waals surface area (Å²) in [7, 11) is 0. The standard InChI is InChI=1S/C15H26N4O/c1-5-12(4)19-15(16-6-2)18-11-13-9-8-10-17-14(13)20-7-3/h8-10,12H,5-7,11H2,1-4H3,(H2,16,18,19). The van der Waals surface area contributed by atoms with Crippen molar-refractivity contribution in [3.63, 3.8) is 0 Å². The molecule has 0 aliphatic heterocycles. The molecule has 5 heteroatoms. The molecule has 0 aliphatic rings. The van der Waals surface area contributed by atoms with E-state index in [1.165, 1.54) is 0 Å². The van der Waals surface area contributed by atoms with Crippen LogP contribution in [0.1, 0.15) is 39.7 Å². The van der Waals surface area contributed by atoms with Gasteiger partial charge in [-0.25, -0.2) is 9.98 Å². The molecule has 5 nitrogen and oxygen atoms in total. The lowest BCUT2D eigenvalue weighted by Gasteiger charge is -2.16. The smallest absolute Gasteiger partial charge is 0.218 e. The van der Waals surface area contributed by atoms with Crippen LogP contribution in [0.4, 0.5) is 0 Å². The Labute approximate surface area is 121 Å². The van der Waals surface area contributed by atoms with Gasteiger partial charge in [0.05, 0.1) is 13.2 Å². The van der Waals surface area contributed by atoms with E-state index < -0.39 is 0 Å². The van der Waals surface area contributed by atoms with Crippen LogP contribution in [0.15, 0.2) is 23.3 Å². The molecular formula is C15H26N4O. The van der Waals surface area contributed by atoms with Crippen molar-refractivity contribution in [3.05, 3.63) is 23.9 Å². The molecule has 0 fully saturated rings. The summed E-state index contributed by atoms with van der Waals surface area (Å²) in [6, 6.07) is 4.30. The van der Waals surface area contributed by atoms with Crippen molar-refractivity contribution >= 4 is 5.96 Å². The number of ether oxygens (including phenoxy) is 1. The molecule has 0 saturated carbocycles. The highest BCUT2D eigenvalue weighted by molar-refractivity contribution is 5.80. The minimum Gasteiger partial charge on any atom is -0.478 e. The zero-order chi connectivity index (χ0) is 14.8. The normalized spacial score (nSPS) is 12.9. The number of pyridine rings is 1. The van der Waals surface area contributed by atoms with E-state index in [0.717, 1.165) is 24.5 Å². The summed E-state index contributed by atoms with van der Waals surface area (Å²) in [6.07, 6.45) is 2.79. The largest absolute Gasteiger partial charge is 0.478 e. The van der Waals surface area contributed by atoms with Gasteiger partial charge in [0, 0.05) is 24.3 Å². The van der Waals surface area contributed by atoms with E-state index in [-0.39, 0.29) is 0 Å². The minimum absolute atomic E-state index is 0.396. The molecule has 0 aliphatic carbocycles. The molecule has 0 saturated heterocycles. The summed E-state index contributed by atoms with van der Waals surface area (Å²) in [5.74, 6) is 1.49. The fourth-order valence-electron chi connectivity index (χ4n) is 1.63. The number of hydrogen-bond donors (Lipinski definition) is 2. The molecule has 0 amide bonds. The van der Waals surface area contributed by atoms with Crippen molar-refractivity contribution in [1.29, 1.82) is 0 Å². The van der Waals surface area contributed by atoms with E-state index in [4.69, 9.17) is 4.74 Å². The van der Waals surface area contributed by atoms with Crippen LogP contribution >= 0.6 is 0 Å². The van der Waals surface area contributed by atoms with Crippen LogP contribution in [-0.4, -0.2) is 30.1 Å². The number of guanidine groups is 1. The summed E-state index contributed by atoms with van der Waals surface area (Å²) >= 11 is 0. The van der Waals surface area contributed by atoms with Gasteiger partial charge in [-0.1, -0.05) is 13.0 Å². The molecule has 0 bridgehead atoms. The van der Waals surface area contributed by atoms with Crippen molar-refractivity contribution in [1.82, 2.24) is 15.6 Å². The molecule has 2 N–H and O–H groups in total. The number of nitrogens with zero attached hydrogens (tertiary/aromatic N) is 2. The molecule has 1 atom stereocenters. The van der Waals surface area contributed by atoms with Gasteiger partial charge in [0.25, 0.3) is 0 Å². The number of hydrogen-bond acceptors (Lipinski definition) is 3. The van der Waals surface area contributed by atoms with Gasteiger partial charge in [-0.05, 0) is 33.3 Å². The van der Waals surface area contributed by atoms with Crippen LogP contribution in [0, 0.1) is 0 Å². The van der Waals surface area contributed by atoms with Gasteiger partial charge in [-0.15, -0.1) is 0 Å². The second kappa shape index (κ2) is 9.18. The average molecular weight is 278 g/mol. The maximum Gasteiger partial charge on any atom is 0.218 e. The van der Waals surface area contributed by atoms with Gasteiger partial charge in [-0.3, -0.25) is 0 Å². The molecule has 1 unspecified atom stereocenters. The molecule has 1 aromatic heterocycles. The molecule has 1 aromatic rings. The lowest BCUT2D eigenvalue weighted by molar-refractivity contribution is 0.323. The number of aliphatic imine (C=N–C) groups is 1. The number of nitrogens with one attached hydrogen (secondary N) is 2. The average Bonchev–Trinajstić information content (AvgIpc) is 2.46. The van der Waals surface area contributed by atoms with Crippen molar-refractivity contribution in [3.8, 4) is 5.88 Å². The van der Waals surface area contributed by atoms with Crippen molar-refractivity contribution in [2.45, 2.75) is 46.7 Å². The molecule has 0 radical (unpaired) electrons. The monoisotopic (exact) mass is 278 g/mol. The fraction of sp³-hybridized carbons (Fsp3) is 0.600. The van der Waals surface area contributed by atoms with Gasteiger partial charge in [-0.2, -0.15) is 0 Å². The van der Waals surface area contributed by atoms with Gasteiger partial charge in [0.15, 0.2) is 5.96 Å². The van der Waals surface area contributed by atoms with Crippen LogP contribution in [0.2, 0.25) is 0 Å². The third-order valence-electron chi connectivity index (χ3n) is 2.88. The molecule has 0 aromatic carbocycles. The lowest BCUT2D eigenvalue weighted by Crippen LogP contribution is -2.41. The zero-order valence-corrected chi connectivity index (χ0v) is 12.9. The Morgan fingerprint density at radius 1 is 1.40 bits per heavy atom. The SMILES string of the molecule is CCNC(=NCc1cccnc1OCC)NC(C)CC. The second-order valence-electron chi connectivity index (χ2n) is 4.55. The van der Waals surface area contributed by atoms with Crippen molar-refractivity contribution in [2.24, 2.45) is 4.99 Å². The van der Waals surface area contributed by atoms with Gasteiger partial charge in [0.2, 0.25) is 5.88 Å². The molecule has 20 heavy (non-hydrogen) atoms. The predicted molar refractivity (Wildman–Crippen MR) is 83.1 cm³/mol. The fourth-order valence-corrected chi connectivity index (χ4v) is 1.63. The van der Waals surface area contributed by atoms with Crippen LogP contribution in [0.25, 0.3) is 0 Å². The number of rotatable bonds is 7. The Kier molecular flexibility index (Phi) is 7.47. The Hall–Kier alpha value is -1.78. The van der Waals surface area contributed by atoms with Gasteiger partial charge >= 0.3 is 0 Å². The highest BCUT2D eigenvalue weighted by Gasteiger charge is 2.05. The number of aromatic nitrogens is 1. The maximum absolute atomic E-state index is 5.51. The van der Waals surface area contributed by atoms with E-state index in [9.17, 15) is 0 Å². The van der Waals surface area contributed by atoms with Crippen LogP contribution in [-0.2, 0) is 6.54 Å². The minimum atomic E-state index is 0.396. The van der Waals surface area contributed by atoms with Crippen LogP contribution < -0.4 is 15.4 Å². The van der Waals surface area contributed by atoms with E-state index in [1.807, 2.05) is 19.1 Å². The Balaban J connectivity index is 2.75. The zero-order valence-electron chi connectivity index (χ0n) is 12.9. The van der Waals surface area contributed by atoms with Gasteiger partial charge < -0.3 is 15.4 Å². The van der Waals surface area contributed by atoms with E-state index in [0.29, 0.717) is 25.1 Å². The van der Waals surface area contributed by atoms with Gasteiger partial charge in [0.1, 0.15) is 0 Å². The van der Waals surface area contributed by atoms with Crippen molar-refractivity contribution in [2.75, 3.05) is 13.2 Å². The van der Waals surface area contributed by atoms with E-state index in [1.54, 1.807) is 6.20 Å². The molecule has 1 rings (SSSR count). The first-order valence-electron chi connectivity index (χ1n) is 7.32. The summed E-state index contributed by atoms with van der Waals surface area (Å²) in [5, 5.41) is 6.61. The Morgan fingerprint density at radius 2 is 2.20 bits per heavy atom. The lowest BCUT2D eigenvalue weighted by atomic mass is 10.2. The van der Waals surface area contributed by atoms with Crippen LogP contribution in [0.5, 0.6) is 5.88 Å². The molecular weight excluding hydrogens is 252 g/mol. The summed E-state index contributed by atoms with van der Waals surface area (Å²) in [4.78, 5) is 8.83. The quantitative estimate of drug-likeness (QED) is 0.594. The third-order valence-corrected chi connectivity index (χ3v) is 2.88. The van der Waals surface area contributed by atoms with Crippen LogP contribution in [0.3, 0.4) is 0 Å². The van der Waals surface area contributed by atoms with E-state index >= 15 is 0 Å². The third kappa shape index (κ3) is 5.47. The Bertz CT molecular complexity index is 420. The first-order valence-corrected chi connectivity index (χ1v) is 7.32. The molecule has 1 heterocycles. The topological polar surface area (TPSA) is 58.5 Å². The maximum atomic E-state index is 5.51. The highest BCUT2D eigenvalue weighted by atomic mass is 16.5. The molecule has 112 valence electrons. The summed E-state index contributed by atoms with van der Waals surface area (Å²) < 4.78 is 5.51. The van der Waals surface area contributed by atoms with Crippen molar-refractivity contribution < 1.29 is 4.74 Å². The summed E-state index contributed by atoms with van der Waals surface area (Å²) in [6.45, 7) is 10.3. The van der Waals surface area contributed by atoms with E-state index in [2.05, 4.69) is 41.4 Å². The Morgan fingerprint density at radius 3 is 2.85 bits per heavy atom. The second-order valence-corrected chi connectivity index (χ2v) is 4.55.